The minimum absolute atomic E-state index is 0.0136. The Bertz CT molecular complexity index is 592. The average molecular weight is 390 g/mol. The molecule has 3 rings (SSSR count). The molecule has 7 heteroatoms. The third kappa shape index (κ3) is 8.96. The number of aliphatic hydroxyl groups is 1. The number of methoxy groups -OCH3 is 2. The summed E-state index contributed by atoms with van der Waals surface area (Å²) in [6, 6.07) is 14.1. The Kier molecular flexibility index (Phi) is 12.3. The normalized spacial score (nSPS) is 12.6. The van der Waals surface area contributed by atoms with Crippen LogP contribution in [0, 0.1) is 0 Å². The SMILES string of the molecule is C1COCCN1.COc1ccc(C(=O)c2ccc(OC)cc2)cc1.NCCO. The molecule has 1 saturated heterocycles. The molecule has 0 atom stereocenters. The molecule has 1 fully saturated rings. The third-order valence-electron chi connectivity index (χ3n) is 3.68. The summed E-state index contributed by atoms with van der Waals surface area (Å²) in [5, 5.41) is 10.9. The number of nitrogens with two attached hydrogens (primary N) is 1. The van der Waals surface area contributed by atoms with Crippen LogP contribution in [0.3, 0.4) is 0 Å². The van der Waals surface area contributed by atoms with Crippen molar-refractivity contribution in [2.24, 2.45) is 5.73 Å². The van der Waals surface area contributed by atoms with Gasteiger partial charge >= 0.3 is 0 Å². The number of hydrogen-bond acceptors (Lipinski definition) is 7. The van der Waals surface area contributed by atoms with Crippen LogP contribution < -0.4 is 20.5 Å². The number of morpholine rings is 1. The second kappa shape index (κ2) is 14.6. The van der Waals surface area contributed by atoms with E-state index in [9.17, 15) is 4.79 Å². The van der Waals surface area contributed by atoms with Gasteiger partial charge in [0.05, 0.1) is 34.0 Å². The fraction of sp³-hybridized carbons (Fsp3) is 0.381. The van der Waals surface area contributed by atoms with Gasteiger partial charge in [0.25, 0.3) is 0 Å². The van der Waals surface area contributed by atoms with Crippen molar-refractivity contribution in [1.29, 1.82) is 0 Å². The highest BCUT2D eigenvalue weighted by molar-refractivity contribution is 6.09. The lowest BCUT2D eigenvalue weighted by Crippen LogP contribution is -2.30. The van der Waals surface area contributed by atoms with Crippen molar-refractivity contribution >= 4 is 5.78 Å². The molecule has 0 unspecified atom stereocenters. The highest BCUT2D eigenvalue weighted by Gasteiger charge is 2.08. The highest BCUT2D eigenvalue weighted by Crippen LogP contribution is 2.17. The number of aliphatic hydroxyl groups excluding tert-OH is 1. The molecule has 1 aliphatic heterocycles. The van der Waals surface area contributed by atoms with Crippen molar-refractivity contribution in [2.75, 3.05) is 53.7 Å². The zero-order valence-electron chi connectivity index (χ0n) is 16.5. The van der Waals surface area contributed by atoms with E-state index in [4.69, 9.17) is 25.1 Å². The lowest BCUT2D eigenvalue weighted by Gasteiger charge is -2.10. The zero-order valence-corrected chi connectivity index (χ0v) is 16.5. The van der Waals surface area contributed by atoms with Crippen LogP contribution in [0.1, 0.15) is 15.9 Å². The fourth-order valence-corrected chi connectivity index (χ4v) is 2.17. The molecule has 154 valence electrons. The first-order chi connectivity index (χ1) is 13.7. The van der Waals surface area contributed by atoms with E-state index < -0.39 is 0 Å². The van der Waals surface area contributed by atoms with E-state index >= 15 is 0 Å². The quantitative estimate of drug-likeness (QED) is 0.665. The van der Waals surface area contributed by atoms with Crippen LogP contribution in [-0.4, -0.2) is 64.6 Å². The number of ketones is 1. The molecule has 1 heterocycles. The molecular weight excluding hydrogens is 360 g/mol. The third-order valence-corrected chi connectivity index (χ3v) is 3.68. The second-order valence-corrected chi connectivity index (χ2v) is 5.66. The Morgan fingerprint density at radius 2 is 1.36 bits per heavy atom. The van der Waals surface area contributed by atoms with Crippen LogP contribution in [0.15, 0.2) is 48.5 Å². The minimum atomic E-state index is -0.0136. The highest BCUT2D eigenvalue weighted by atomic mass is 16.5. The summed E-state index contributed by atoms with van der Waals surface area (Å²) < 4.78 is 15.1. The summed E-state index contributed by atoms with van der Waals surface area (Å²) in [7, 11) is 3.20. The molecular formula is C21H30N2O5. The predicted octanol–water partition coefficient (Wildman–Crippen LogP) is 1.48. The van der Waals surface area contributed by atoms with Crippen LogP contribution in [0.25, 0.3) is 0 Å². The molecule has 2 aromatic carbocycles. The number of hydrogen-bond donors (Lipinski definition) is 3. The van der Waals surface area contributed by atoms with E-state index in [1.807, 2.05) is 0 Å². The molecule has 28 heavy (non-hydrogen) atoms. The first-order valence-corrected chi connectivity index (χ1v) is 9.08. The standard InChI is InChI=1S/C15H14O3.C4H9NO.C2H7NO/c1-17-13-7-3-11(4-8-13)15(16)12-5-9-14(18-2)10-6-12;1-3-6-4-2-5-1;3-1-2-4/h3-10H,1-2H3;5H,1-4H2;4H,1-3H2. The maximum Gasteiger partial charge on any atom is 0.193 e. The first kappa shape index (κ1) is 23.6. The molecule has 0 bridgehead atoms. The van der Waals surface area contributed by atoms with Crippen LogP contribution in [-0.2, 0) is 4.74 Å². The van der Waals surface area contributed by atoms with Gasteiger partial charge in [0.1, 0.15) is 11.5 Å². The van der Waals surface area contributed by atoms with Gasteiger partial charge < -0.3 is 30.4 Å². The van der Waals surface area contributed by atoms with E-state index in [2.05, 4.69) is 5.32 Å². The minimum Gasteiger partial charge on any atom is -0.497 e. The lowest BCUT2D eigenvalue weighted by molar-refractivity contribution is 0.103. The molecule has 0 saturated carbocycles. The topological polar surface area (TPSA) is 103 Å². The fourth-order valence-electron chi connectivity index (χ4n) is 2.17. The number of rotatable bonds is 5. The van der Waals surface area contributed by atoms with Crippen molar-refractivity contribution in [3.05, 3.63) is 59.7 Å². The summed E-state index contributed by atoms with van der Waals surface area (Å²) in [6.45, 7) is 4.31. The van der Waals surface area contributed by atoms with Crippen molar-refractivity contribution in [3.8, 4) is 11.5 Å². The smallest absolute Gasteiger partial charge is 0.193 e. The molecule has 1 aliphatic rings. The van der Waals surface area contributed by atoms with Crippen LogP contribution in [0.4, 0.5) is 0 Å². The summed E-state index contributed by atoms with van der Waals surface area (Å²) >= 11 is 0. The van der Waals surface area contributed by atoms with Crippen molar-refractivity contribution in [2.45, 2.75) is 0 Å². The van der Waals surface area contributed by atoms with Crippen molar-refractivity contribution in [1.82, 2.24) is 5.32 Å². The Morgan fingerprint density at radius 1 is 0.964 bits per heavy atom. The van der Waals surface area contributed by atoms with E-state index in [0.717, 1.165) is 37.8 Å². The van der Waals surface area contributed by atoms with Gasteiger partial charge in [0, 0.05) is 30.8 Å². The van der Waals surface area contributed by atoms with E-state index in [-0.39, 0.29) is 12.4 Å². The molecule has 2 aromatic rings. The van der Waals surface area contributed by atoms with E-state index in [1.165, 1.54) is 0 Å². The number of nitrogens with one attached hydrogen (secondary N) is 1. The molecule has 0 amide bonds. The summed E-state index contributed by atoms with van der Waals surface area (Å²) in [6.07, 6.45) is 0. The maximum absolute atomic E-state index is 12.2. The Morgan fingerprint density at radius 3 is 1.57 bits per heavy atom. The van der Waals surface area contributed by atoms with Gasteiger partial charge in [-0.05, 0) is 48.5 Å². The van der Waals surface area contributed by atoms with E-state index in [1.54, 1.807) is 62.8 Å². The predicted molar refractivity (Wildman–Crippen MR) is 109 cm³/mol. The van der Waals surface area contributed by atoms with Gasteiger partial charge in [-0.2, -0.15) is 0 Å². The first-order valence-electron chi connectivity index (χ1n) is 9.08. The molecule has 7 nitrogen and oxygen atoms in total. The largest absolute Gasteiger partial charge is 0.497 e. The molecule has 4 N–H and O–H groups in total. The lowest BCUT2D eigenvalue weighted by atomic mass is 10.0. The molecule has 0 spiro atoms. The van der Waals surface area contributed by atoms with Gasteiger partial charge in [-0.15, -0.1) is 0 Å². The zero-order chi connectivity index (χ0) is 20.6. The summed E-state index contributed by atoms with van der Waals surface area (Å²) in [5.41, 5.74) is 6.06. The van der Waals surface area contributed by atoms with Crippen LogP contribution in [0.5, 0.6) is 11.5 Å². The Hall–Kier alpha value is -2.45. The van der Waals surface area contributed by atoms with Gasteiger partial charge in [-0.1, -0.05) is 0 Å². The maximum atomic E-state index is 12.2. The van der Waals surface area contributed by atoms with Crippen LogP contribution in [0.2, 0.25) is 0 Å². The Labute approximate surface area is 166 Å². The summed E-state index contributed by atoms with van der Waals surface area (Å²) in [5.74, 6) is 1.46. The average Bonchev–Trinajstić information content (AvgIpc) is 2.80. The van der Waals surface area contributed by atoms with Crippen molar-refractivity contribution in [3.63, 3.8) is 0 Å². The van der Waals surface area contributed by atoms with E-state index in [0.29, 0.717) is 17.7 Å². The Balaban J connectivity index is 0.000000322. The number of carbonyl (C=O) groups excluding carboxylic acids is 1. The number of ether oxygens (including phenoxy) is 3. The van der Waals surface area contributed by atoms with Crippen molar-refractivity contribution < 1.29 is 24.1 Å². The van der Waals surface area contributed by atoms with Gasteiger partial charge in [-0.25, -0.2) is 0 Å². The number of carbonyl (C=O) groups is 1. The second-order valence-electron chi connectivity index (χ2n) is 5.66. The molecule has 0 radical (unpaired) electrons. The monoisotopic (exact) mass is 390 g/mol. The van der Waals surface area contributed by atoms with Gasteiger partial charge in [0.2, 0.25) is 0 Å². The van der Waals surface area contributed by atoms with Gasteiger partial charge in [0.15, 0.2) is 5.78 Å². The van der Waals surface area contributed by atoms with Gasteiger partial charge in [-0.3, -0.25) is 4.79 Å². The molecule has 0 aromatic heterocycles. The van der Waals surface area contributed by atoms with Crippen LogP contribution >= 0.6 is 0 Å². The number of benzene rings is 2. The molecule has 0 aliphatic carbocycles. The summed E-state index contributed by atoms with van der Waals surface area (Å²) in [4.78, 5) is 12.2.